The maximum atomic E-state index is 12.5. The first-order chi connectivity index (χ1) is 10.7. The molecule has 0 atom stereocenters. The van der Waals surface area contributed by atoms with Crippen LogP contribution in [0.3, 0.4) is 0 Å². The first kappa shape index (κ1) is 17.2. The lowest BCUT2D eigenvalue weighted by Gasteiger charge is -2.13. The van der Waals surface area contributed by atoms with Crippen molar-refractivity contribution in [1.29, 1.82) is 0 Å². The van der Waals surface area contributed by atoms with E-state index in [1.54, 1.807) is 19.9 Å². The van der Waals surface area contributed by atoms with Crippen LogP contribution in [0, 0.1) is 13.8 Å². The van der Waals surface area contributed by atoms with Crippen LogP contribution in [-0.4, -0.2) is 24.8 Å². The summed E-state index contributed by atoms with van der Waals surface area (Å²) in [6, 6.07) is 4.27. The van der Waals surface area contributed by atoms with Crippen molar-refractivity contribution in [3.63, 3.8) is 0 Å². The number of ether oxygens (including phenoxy) is 1. The van der Waals surface area contributed by atoms with E-state index in [1.165, 1.54) is 23.0 Å². The van der Waals surface area contributed by atoms with E-state index in [0.29, 0.717) is 17.8 Å². The van der Waals surface area contributed by atoms with Crippen molar-refractivity contribution in [3.8, 4) is 5.75 Å². The predicted octanol–water partition coefficient (Wildman–Crippen LogP) is 2.92. The van der Waals surface area contributed by atoms with Crippen LogP contribution in [0.2, 0.25) is 0 Å². The van der Waals surface area contributed by atoms with Gasteiger partial charge in [-0.05, 0) is 38.5 Å². The summed E-state index contributed by atoms with van der Waals surface area (Å²) in [4.78, 5) is -0.0103. The fraction of sp³-hybridized carbons (Fsp3) is 0.357. The second-order valence-electron chi connectivity index (χ2n) is 4.92. The summed E-state index contributed by atoms with van der Waals surface area (Å²) in [7, 11) is -3.97. The summed E-state index contributed by atoms with van der Waals surface area (Å²) in [5, 5.41) is 4.07. The molecule has 0 saturated heterocycles. The van der Waals surface area contributed by atoms with E-state index in [9.17, 15) is 17.2 Å². The fourth-order valence-corrected chi connectivity index (χ4v) is 3.30. The van der Waals surface area contributed by atoms with Crippen LogP contribution in [0.4, 0.5) is 14.5 Å². The molecule has 1 N–H and O–H groups in total. The van der Waals surface area contributed by atoms with Crippen molar-refractivity contribution in [2.24, 2.45) is 0 Å². The van der Waals surface area contributed by atoms with E-state index in [1.807, 2.05) is 6.92 Å². The van der Waals surface area contributed by atoms with E-state index in [0.717, 1.165) is 0 Å². The van der Waals surface area contributed by atoms with Crippen LogP contribution in [0.15, 0.2) is 29.3 Å². The molecule has 1 aromatic carbocycles. The van der Waals surface area contributed by atoms with Gasteiger partial charge in [0, 0.05) is 12.7 Å². The molecule has 0 amide bonds. The molecule has 1 heterocycles. The topological polar surface area (TPSA) is 73.2 Å². The van der Waals surface area contributed by atoms with Crippen LogP contribution in [-0.2, 0) is 16.6 Å². The summed E-state index contributed by atoms with van der Waals surface area (Å²) in [5.74, 6) is -0.241. The monoisotopic (exact) mass is 345 g/mol. The Kier molecular flexibility index (Phi) is 4.88. The maximum absolute atomic E-state index is 12.5. The van der Waals surface area contributed by atoms with Crippen LogP contribution in [0.25, 0.3) is 0 Å². The summed E-state index contributed by atoms with van der Waals surface area (Å²) in [5.41, 5.74) is 0.975. The number of aromatic nitrogens is 2. The Bertz CT molecular complexity index is 804. The van der Waals surface area contributed by atoms with Crippen molar-refractivity contribution in [1.82, 2.24) is 9.78 Å². The van der Waals surface area contributed by atoms with Gasteiger partial charge in [-0.15, -0.1) is 0 Å². The Morgan fingerprint density at radius 2 is 2.04 bits per heavy atom. The predicted molar refractivity (Wildman–Crippen MR) is 81.3 cm³/mol. The molecule has 0 aliphatic carbocycles. The molecule has 2 rings (SSSR count). The third-order valence-corrected chi connectivity index (χ3v) is 4.58. The molecule has 1 aromatic heterocycles. The van der Waals surface area contributed by atoms with E-state index in [4.69, 9.17) is 0 Å². The lowest BCUT2D eigenvalue weighted by molar-refractivity contribution is -0.0493. The molecule has 0 fully saturated rings. The Morgan fingerprint density at radius 1 is 1.35 bits per heavy atom. The quantitative estimate of drug-likeness (QED) is 0.874. The third-order valence-electron chi connectivity index (χ3n) is 3.11. The van der Waals surface area contributed by atoms with Crippen LogP contribution in [0.1, 0.15) is 18.2 Å². The van der Waals surface area contributed by atoms with Crippen LogP contribution in [0.5, 0.6) is 5.75 Å². The lowest BCUT2D eigenvalue weighted by atomic mass is 10.2. The van der Waals surface area contributed by atoms with Gasteiger partial charge in [0.15, 0.2) is 0 Å². The highest BCUT2D eigenvalue weighted by Gasteiger charge is 2.22. The average Bonchev–Trinajstić information content (AvgIpc) is 2.83. The molecular formula is C14H17F2N3O3S. The number of rotatable bonds is 6. The molecule has 23 heavy (non-hydrogen) atoms. The molecule has 0 saturated carbocycles. The molecule has 0 aliphatic heterocycles. The zero-order valence-corrected chi connectivity index (χ0v) is 13.7. The second-order valence-corrected chi connectivity index (χ2v) is 6.57. The number of aryl methyl sites for hydroxylation is 3. The highest BCUT2D eigenvalue weighted by atomic mass is 32.2. The molecule has 0 radical (unpaired) electrons. The van der Waals surface area contributed by atoms with Gasteiger partial charge in [-0.25, -0.2) is 8.42 Å². The number of anilines is 1. The normalized spacial score (nSPS) is 11.7. The number of sulfonamides is 1. The Hall–Kier alpha value is -2.16. The average molecular weight is 345 g/mol. The van der Waals surface area contributed by atoms with Crippen molar-refractivity contribution in [2.45, 2.75) is 38.8 Å². The number of nitrogens with one attached hydrogen (secondary N) is 1. The zero-order valence-electron chi connectivity index (χ0n) is 12.9. The lowest BCUT2D eigenvalue weighted by Crippen LogP contribution is -2.15. The van der Waals surface area contributed by atoms with Gasteiger partial charge in [-0.1, -0.05) is 6.07 Å². The Labute approximate surface area is 133 Å². The number of hydrogen-bond donors (Lipinski definition) is 1. The maximum Gasteiger partial charge on any atom is 0.387 e. The van der Waals surface area contributed by atoms with Crippen molar-refractivity contribution >= 4 is 15.7 Å². The van der Waals surface area contributed by atoms with Gasteiger partial charge < -0.3 is 4.74 Å². The number of hydrogen-bond acceptors (Lipinski definition) is 4. The second kappa shape index (κ2) is 6.53. The minimum absolute atomic E-state index is 0.0103. The highest BCUT2D eigenvalue weighted by Crippen LogP contribution is 2.30. The molecule has 0 bridgehead atoms. The smallest absolute Gasteiger partial charge is 0.387 e. The molecule has 6 nitrogen and oxygen atoms in total. The molecule has 2 aromatic rings. The van der Waals surface area contributed by atoms with E-state index in [2.05, 4.69) is 14.6 Å². The standard InChI is InChI=1S/C14H17F2N3O3S/c1-4-19-8-13(10(3)17-19)23(20,21)18-11-7-9(2)5-6-12(11)22-14(15)16/h5-8,14,18H,4H2,1-3H3. The zero-order chi connectivity index (χ0) is 17.2. The third kappa shape index (κ3) is 3.98. The molecule has 0 spiro atoms. The van der Waals surface area contributed by atoms with Crippen LogP contribution >= 0.6 is 0 Å². The van der Waals surface area contributed by atoms with Gasteiger partial charge in [0.1, 0.15) is 10.6 Å². The van der Waals surface area contributed by atoms with Gasteiger partial charge in [0.25, 0.3) is 10.0 Å². The van der Waals surface area contributed by atoms with Gasteiger partial charge >= 0.3 is 6.61 Å². The van der Waals surface area contributed by atoms with E-state index < -0.39 is 16.6 Å². The molecule has 0 unspecified atom stereocenters. The highest BCUT2D eigenvalue weighted by molar-refractivity contribution is 7.92. The number of alkyl halides is 2. The van der Waals surface area contributed by atoms with E-state index in [-0.39, 0.29) is 16.3 Å². The van der Waals surface area contributed by atoms with Gasteiger partial charge in [0.05, 0.1) is 11.4 Å². The number of nitrogens with zero attached hydrogens (tertiary/aromatic N) is 2. The fourth-order valence-electron chi connectivity index (χ4n) is 2.05. The largest absolute Gasteiger partial charge is 0.433 e. The summed E-state index contributed by atoms with van der Waals surface area (Å²) < 4.78 is 58.0. The van der Waals surface area contributed by atoms with Gasteiger partial charge in [-0.3, -0.25) is 9.40 Å². The number of benzene rings is 1. The Balaban J connectivity index is 2.40. The minimum atomic E-state index is -3.97. The molecule has 0 aliphatic rings. The number of halogens is 2. The minimum Gasteiger partial charge on any atom is -0.433 e. The molecular weight excluding hydrogens is 328 g/mol. The van der Waals surface area contributed by atoms with Gasteiger partial charge in [0.2, 0.25) is 0 Å². The Morgan fingerprint density at radius 3 is 2.61 bits per heavy atom. The molecule has 9 heteroatoms. The van der Waals surface area contributed by atoms with Gasteiger partial charge in [-0.2, -0.15) is 13.9 Å². The summed E-state index contributed by atoms with van der Waals surface area (Å²) in [6.07, 6.45) is 1.39. The summed E-state index contributed by atoms with van der Waals surface area (Å²) in [6.45, 7) is 2.56. The SMILES string of the molecule is CCn1cc(S(=O)(=O)Nc2cc(C)ccc2OC(F)F)c(C)n1. The molecule has 126 valence electrons. The van der Waals surface area contributed by atoms with Crippen molar-refractivity contribution in [2.75, 3.05) is 4.72 Å². The summed E-state index contributed by atoms with van der Waals surface area (Å²) >= 11 is 0. The first-order valence-corrected chi connectivity index (χ1v) is 8.33. The van der Waals surface area contributed by atoms with Crippen molar-refractivity contribution in [3.05, 3.63) is 35.7 Å². The van der Waals surface area contributed by atoms with E-state index >= 15 is 0 Å². The first-order valence-electron chi connectivity index (χ1n) is 6.85. The van der Waals surface area contributed by atoms with Crippen molar-refractivity contribution < 1.29 is 21.9 Å². The van der Waals surface area contributed by atoms with Crippen LogP contribution < -0.4 is 9.46 Å².